The lowest BCUT2D eigenvalue weighted by molar-refractivity contribution is -0.116. The SMILES string of the molecule is CC(=O)N(CCNC(=O)c1ccco1)c1ccc(C(C)(C)C)cc1. The fourth-order valence-corrected chi connectivity index (χ4v) is 2.39. The number of carbonyl (C=O) groups excluding carboxylic acids is 2. The molecule has 2 rings (SSSR count). The van der Waals surface area contributed by atoms with Crippen LogP contribution in [0.25, 0.3) is 0 Å². The smallest absolute Gasteiger partial charge is 0.287 e. The first-order valence-corrected chi connectivity index (χ1v) is 7.99. The highest BCUT2D eigenvalue weighted by atomic mass is 16.3. The largest absolute Gasteiger partial charge is 0.459 e. The zero-order valence-corrected chi connectivity index (χ0v) is 14.6. The Morgan fingerprint density at radius 3 is 2.29 bits per heavy atom. The second kappa shape index (κ2) is 7.34. The molecule has 1 aromatic carbocycles. The molecule has 0 unspecified atom stereocenters. The van der Waals surface area contributed by atoms with Gasteiger partial charge in [0.15, 0.2) is 5.76 Å². The van der Waals surface area contributed by atoms with Crippen LogP contribution >= 0.6 is 0 Å². The molecule has 5 heteroatoms. The van der Waals surface area contributed by atoms with Gasteiger partial charge in [0.2, 0.25) is 5.91 Å². The van der Waals surface area contributed by atoms with E-state index >= 15 is 0 Å². The fourth-order valence-electron chi connectivity index (χ4n) is 2.39. The Morgan fingerprint density at radius 2 is 1.79 bits per heavy atom. The van der Waals surface area contributed by atoms with Gasteiger partial charge in [0.1, 0.15) is 0 Å². The first-order chi connectivity index (χ1) is 11.3. The highest BCUT2D eigenvalue weighted by Gasteiger charge is 2.16. The highest BCUT2D eigenvalue weighted by molar-refractivity contribution is 5.92. The number of hydrogen-bond donors (Lipinski definition) is 1. The molecule has 1 aromatic heterocycles. The summed E-state index contributed by atoms with van der Waals surface area (Å²) in [5.41, 5.74) is 2.10. The molecule has 5 nitrogen and oxygen atoms in total. The van der Waals surface area contributed by atoms with E-state index in [4.69, 9.17) is 4.42 Å². The van der Waals surface area contributed by atoms with Crippen molar-refractivity contribution in [3.8, 4) is 0 Å². The quantitative estimate of drug-likeness (QED) is 0.915. The first kappa shape index (κ1) is 17.8. The molecule has 24 heavy (non-hydrogen) atoms. The van der Waals surface area contributed by atoms with Gasteiger partial charge in [-0.25, -0.2) is 0 Å². The molecule has 128 valence electrons. The molecule has 2 aromatic rings. The number of rotatable bonds is 5. The van der Waals surface area contributed by atoms with Gasteiger partial charge < -0.3 is 14.6 Å². The Morgan fingerprint density at radius 1 is 1.12 bits per heavy atom. The van der Waals surface area contributed by atoms with Crippen LogP contribution < -0.4 is 10.2 Å². The molecule has 0 saturated carbocycles. The molecule has 0 atom stereocenters. The number of benzene rings is 1. The predicted molar refractivity (Wildman–Crippen MR) is 94.2 cm³/mol. The number of hydrogen-bond acceptors (Lipinski definition) is 3. The second-order valence-corrected chi connectivity index (χ2v) is 6.70. The van der Waals surface area contributed by atoms with Crippen molar-refractivity contribution in [2.45, 2.75) is 33.1 Å². The van der Waals surface area contributed by atoms with Gasteiger partial charge in [-0.3, -0.25) is 9.59 Å². The van der Waals surface area contributed by atoms with Gasteiger partial charge in [-0.05, 0) is 35.2 Å². The summed E-state index contributed by atoms with van der Waals surface area (Å²) in [6.07, 6.45) is 1.45. The van der Waals surface area contributed by atoms with Crippen molar-refractivity contribution in [3.63, 3.8) is 0 Å². The van der Waals surface area contributed by atoms with Gasteiger partial charge in [0.25, 0.3) is 5.91 Å². The first-order valence-electron chi connectivity index (χ1n) is 7.99. The Balaban J connectivity index is 1.99. The minimum absolute atomic E-state index is 0.0641. The third-order valence-corrected chi connectivity index (χ3v) is 3.79. The summed E-state index contributed by atoms with van der Waals surface area (Å²) < 4.78 is 5.04. The summed E-state index contributed by atoms with van der Waals surface area (Å²) in [5, 5.41) is 2.75. The minimum atomic E-state index is -0.286. The van der Waals surface area contributed by atoms with Crippen LogP contribution in [0.3, 0.4) is 0 Å². The normalized spacial score (nSPS) is 11.2. The molecule has 0 aliphatic rings. The van der Waals surface area contributed by atoms with Crippen LogP contribution in [-0.2, 0) is 10.2 Å². The second-order valence-electron chi connectivity index (χ2n) is 6.70. The zero-order chi connectivity index (χ0) is 17.7. The number of nitrogens with one attached hydrogen (secondary N) is 1. The van der Waals surface area contributed by atoms with Crippen molar-refractivity contribution in [3.05, 3.63) is 54.0 Å². The molecule has 0 saturated heterocycles. The van der Waals surface area contributed by atoms with E-state index in [1.807, 2.05) is 24.3 Å². The number of amides is 2. The molecular formula is C19H24N2O3. The van der Waals surface area contributed by atoms with Crippen LogP contribution in [0.5, 0.6) is 0 Å². The van der Waals surface area contributed by atoms with Crippen molar-refractivity contribution in [1.82, 2.24) is 5.32 Å². The van der Waals surface area contributed by atoms with Crippen LogP contribution in [0.15, 0.2) is 47.1 Å². The summed E-state index contributed by atoms with van der Waals surface area (Å²) in [6, 6.07) is 11.2. The number of carbonyl (C=O) groups is 2. The molecule has 0 aliphatic carbocycles. The molecule has 1 N–H and O–H groups in total. The third-order valence-electron chi connectivity index (χ3n) is 3.79. The van der Waals surface area contributed by atoms with Gasteiger partial charge in [0, 0.05) is 25.7 Å². The molecule has 0 bridgehead atoms. The maximum Gasteiger partial charge on any atom is 0.287 e. The van der Waals surface area contributed by atoms with E-state index in [9.17, 15) is 9.59 Å². The maximum absolute atomic E-state index is 11.9. The Labute approximate surface area is 142 Å². The summed E-state index contributed by atoms with van der Waals surface area (Å²) >= 11 is 0. The van der Waals surface area contributed by atoms with Gasteiger partial charge in [-0.1, -0.05) is 32.9 Å². The molecular weight excluding hydrogens is 304 g/mol. The van der Waals surface area contributed by atoms with Crippen molar-refractivity contribution in [1.29, 1.82) is 0 Å². The van der Waals surface area contributed by atoms with Crippen LogP contribution in [0.1, 0.15) is 43.8 Å². The monoisotopic (exact) mass is 328 g/mol. The van der Waals surface area contributed by atoms with Crippen molar-refractivity contribution >= 4 is 17.5 Å². The van der Waals surface area contributed by atoms with Gasteiger partial charge >= 0.3 is 0 Å². The van der Waals surface area contributed by atoms with Gasteiger partial charge in [0.05, 0.1) is 6.26 Å². The van der Waals surface area contributed by atoms with E-state index < -0.39 is 0 Å². The molecule has 2 amide bonds. The van der Waals surface area contributed by atoms with Crippen LogP contribution in [0, 0.1) is 0 Å². The van der Waals surface area contributed by atoms with Crippen LogP contribution in [0.4, 0.5) is 5.69 Å². The van der Waals surface area contributed by atoms with E-state index in [-0.39, 0.29) is 23.0 Å². The van der Waals surface area contributed by atoms with Gasteiger partial charge in [-0.2, -0.15) is 0 Å². The van der Waals surface area contributed by atoms with Crippen molar-refractivity contribution in [2.75, 3.05) is 18.0 Å². The average molecular weight is 328 g/mol. The number of anilines is 1. The van der Waals surface area contributed by atoms with Crippen LogP contribution in [0.2, 0.25) is 0 Å². The summed E-state index contributed by atoms with van der Waals surface area (Å²) in [4.78, 5) is 25.4. The highest BCUT2D eigenvalue weighted by Crippen LogP contribution is 2.24. The molecule has 0 spiro atoms. The van der Waals surface area contributed by atoms with Crippen molar-refractivity contribution in [2.24, 2.45) is 0 Å². The lowest BCUT2D eigenvalue weighted by atomic mass is 9.87. The van der Waals surface area contributed by atoms with Crippen molar-refractivity contribution < 1.29 is 14.0 Å². The topological polar surface area (TPSA) is 62.6 Å². The number of furan rings is 1. The average Bonchev–Trinajstić information content (AvgIpc) is 3.05. The predicted octanol–water partition coefficient (Wildman–Crippen LogP) is 3.36. The number of nitrogens with zero attached hydrogens (tertiary/aromatic N) is 1. The van der Waals surface area contributed by atoms with Gasteiger partial charge in [-0.15, -0.1) is 0 Å². The van der Waals surface area contributed by atoms with E-state index in [1.54, 1.807) is 17.0 Å². The molecule has 0 fully saturated rings. The lowest BCUT2D eigenvalue weighted by Gasteiger charge is -2.24. The molecule has 0 radical (unpaired) electrons. The van der Waals surface area contributed by atoms with E-state index in [2.05, 4.69) is 26.1 Å². The van der Waals surface area contributed by atoms with E-state index in [0.717, 1.165) is 5.69 Å². The zero-order valence-electron chi connectivity index (χ0n) is 14.6. The standard InChI is InChI=1S/C19H24N2O3/c1-14(22)21(12-11-20-18(23)17-6-5-13-24-17)16-9-7-15(8-10-16)19(2,3)4/h5-10,13H,11-12H2,1-4H3,(H,20,23). The maximum atomic E-state index is 11.9. The summed E-state index contributed by atoms with van der Waals surface area (Å²) in [6.45, 7) is 8.71. The summed E-state index contributed by atoms with van der Waals surface area (Å²) in [5.74, 6) is -0.0868. The Kier molecular flexibility index (Phi) is 5.44. The summed E-state index contributed by atoms with van der Waals surface area (Å²) in [7, 11) is 0. The molecule has 1 heterocycles. The Bertz CT molecular complexity index is 682. The lowest BCUT2D eigenvalue weighted by Crippen LogP contribution is -2.37. The van der Waals surface area contributed by atoms with Crippen LogP contribution in [-0.4, -0.2) is 24.9 Å². The van der Waals surface area contributed by atoms with E-state index in [1.165, 1.54) is 18.8 Å². The minimum Gasteiger partial charge on any atom is -0.459 e. The van der Waals surface area contributed by atoms with E-state index in [0.29, 0.717) is 13.1 Å². The molecule has 0 aliphatic heterocycles. The third kappa shape index (κ3) is 4.47. The Hall–Kier alpha value is -2.56. The fraction of sp³-hybridized carbons (Fsp3) is 0.368.